The fourth-order valence-electron chi connectivity index (χ4n) is 2.01. The molecular weight excluding hydrogens is 308 g/mol. The predicted octanol–water partition coefficient (Wildman–Crippen LogP) is 3.20. The number of nitrogens with zero attached hydrogens (tertiary/aromatic N) is 3. The van der Waals surface area contributed by atoms with Crippen LogP contribution in [0.15, 0.2) is 5.38 Å². The summed E-state index contributed by atoms with van der Waals surface area (Å²) in [4.78, 5) is 16.6. The zero-order valence-corrected chi connectivity index (χ0v) is 14.2. The Kier molecular flexibility index (Phi) is 5.00. The highest BCUT2D eigenvalue weighted by Gasteiger charge is 2.20. The molecule has 5 nitrogen and oxygen atoms in total. The van der Waals surface area contributed by atoms with E-state index in [2.05, 4.69) is 29.2 Å². The number of nitrogens with one attached hydrogen (secondary N) is 1. The van der Waals surface area contributed by atoms with E-state index in [1.165, 1.54) is 11.3 Å². The highest BCUT2D eigenvalue weighted by molar-refractivity contribution is 7.09. The Bertz CT molecular complexity index is 647. The smallest absolute Gasteiger partial charge is 0.256 e. The minimum atomic E-state index is -0.208. The van der Waals surface area contributed by atoms with E-state index in [4.69, 9.17) is 11.6 Å². The fourth-order valence-corrected chi connectivity index (χ4v) is 3.05. The molecular formula is C14H19ClN4OS. The molecule has 0 saturated carbocycles. The van der Waals surface area contributed by atoms with Crippen LogP contribution in [0, 0.1) is 19.8 Å². The third-order valence-corrected chi connectivity index (χ3v) is 4.25. The van der Waals surface area contributed by atoms with Crippen molar-refractivity contribution in [3.63, 3.8) is 0 Å². The van der Waals surface area contributed by atoms with Crippen LogP contribution in [0.4, 0.5) is 0 Å². The summed E-state index contributed by atoms with van der Waals surface area (Å²) in [7, 11) is 0. The molecule has 0 aliphatic rings. The molecule has 114 valence electrons. The summed E-state index contributed by atoms with van der Waals surface area (Å²) in [6, 6.07) is 0. The Morgan fingerprint density at radius 1 is 1.48 bits per heavy atom. The summed E-state index contributed by atoms with van der Waals surface area (Å²) in [5.74, 6) is 0.205. The number of aromatic nitrogens is 3. The lowest BCUT2D eigenvalue weighted by Crippen LogP contribution is -2.23. The SMILES string of the molecule is Cc1csc(CNC(=O)c2c(C)nn(CC(C)C)c2Cl)n1. The minimum absolute atomic E-state index is 0.208. The Morgan fingerprint density at radius 3 is 2.76 bits per heavy atom. The van der Waals surface area contributed by atoms with Gasteiger partial charge >= 0.3 is 0 Å². The molecule has 1 amide bonds. The first-order valence-corrected chi connectivity index (χ1v) is 8.06. The van der Waals surface area contributed by atoms with E-state index < -0.39 is 0 Å². The molecule has 1 N–H and O–H groups in total. The second-order valence-electron chi connectivity index (χ2n) is 5.39. The second kappa shape index (κ2) is 6.58. The van der Waals surface area contributed by atoms with Crippen LogP contribution in [0.25, 0.3) is 0 Å². The summed E-state index contributed by atoms with van der Waals surface area (Å²) in [5.41, 5.74) is 2.06. The van der Waals surface area contributed by atoms with E-state index in [1.54, 1.807) is 11.6 Å². The number of rotatable bonds is 5. The first kappa shape index (κ1) is 16.0. The Morgan fingerprint density at radius 2 is 2.19 bits per heavy atom. The number of halogens is 1. The predicted molar refractivity (Wildman–Crippen MR) is 84.8 cm³/mol. The maximum absolute atomic E-state index is 12.3. The van der Waals surface area contributed by atoms with Gasteiger partial charge in [-0.2, -0.15) is 5.10 Å². The Labute approximate surface area is 133 Å². The molecule has 2 heterocycles. The van der Waals surface area contributed by atoms with Gasteiger partial charge in [0.2, 0.25) is 0 Å². The number of carbonyl (C=O) groups excluding carboxylic acids is 1. The molecule has 7 heteroatoms. The van der Waals surface area contributed by atoms with Crippen molar-refractivity contribution in [3.05, 3.63) is 32.5 Å². The Balaban J connectivity index is 2.10. The lowest BCUT2D eigenvalue weighted by Gasteiger charge is -2.06. The van der Waals surface area contributed by atoms with E-state index in [-0.39, 0.29) is 5.91 Å². The van der Waals surface area contributed by atoms with Gasteiger partial charge in [0.25, 0.3) is 5.91 Å². The molecule has 2 rings (SSSR count). The zero-order chi connectivity index (χ0) is 15.6. The second-order valence-corrected chi connectivity index (χ2v) is 6.69. The van der Waals surface area contributed by atoms with Crippen LogP contribution < -0.4 is 5.32 Å². The molecule has 21 heavy (non-hydrogen) atoms. The minimum Gasteiger partial charge on any atom is -0.345 e. The fraction of sp³-hybridized carbons (Fsp3) is 0.500. The van der Waals surface area contributed by atoms with Crippen molar-refractivity contribution in [2.75, 3.05) is 0 Å². The van der Waals surface area contributed by atoms with Crippen LogP contribution in [0.5, 0.6) is 0 Å². The van der Waals surface area contributed by atoms with Gasteiger partial charge in [-0.1, -0.05) is 25.4 Å². The van der Waals surface area contributed by atoms with E-state index in [0.717, 1.165) is 10.7 Å². The van der Waals surface area contributed by atoms with E-state index >= 15 is 0 Å². The zero-order valence-electron chi connectivity index (χ0n) is 12.6. The maximum atomic E-state index is 12.3. The summed E-state index contributed by atoms with van der Waals surface area (Å²) < 4.78 is 1.68. The topological polar surface area (TPSA) is 59.8 Å². The summed E-state index contributed by atoms with van der Waals surface area (Å²) in [6.07, 6.45) is 0. The first-order valence-electron chi connectivity index (χ1n) is 6.80. The van der Waals surface area contributed by atoms with E-state index in [9.17, 15) is 4.79 Å². The maximum Gasteiger partial charge on any atom is 0.256 e. The summed E-state index contributed by atoms with van der Waals surface area (Å²) in [6.45, 7) is 8.99. The van der Waals surface area contributed by atoms with Crippen molar-refractivity contribution in [2.24, 2.45) is 5.92 Å². The number of hydrogen-bond acceptors (Lipinski definition) is 4. The van der Waals surface area contributed by atoms with Crippen molar-refractivity contribution in [1.29, 1.82) is 0 Å². The molecule has 0 radical (unpaired) electrons. The third kappa shape index (κ3) is 3.83. The van der Waals surface area contributed by atoms with Gasteiger partial charge in [-0.3, -0.25) is 9.48 Å². The lowest BCUT2D eigenvalue weighted by atomic mass is 10.2. The van der Waals surface area contributed by atoms with Crippen LogP contribution in [0.3, 0.4) is 0 Å². The van der Waals surface area contributed by atoms with Crippen LogP contribution in [0.1, 0.15) is 40.6 Å². The first-order chi connectivity index (χ1) is 9.88. The average Bonchev–Trinajstić information content (AvgIpc) is 2.91. The van der Waals surface area contributed by atoms with Crippen molar-refractivity contribution in [1.82, 2.24) is 20.1 Å². The quantitative estimate of drug-likeness (QED) is 0.918. The molecule has 0 fully saturated rings. The van der Waals surface area contributed by atoms with Gasteiger partial charge in [0.15, 0.2) is 0 Å². The largest absolute Gasteiger partial charge is 0.345 e. The molecule has 0 unspecified atom stereocenters. The van der Waals surface area contributed by atoms with Crippen LogP contribution in [-0.4, -0.2) is 20.7 Å². The molecule has 2 aromatic rings. The van der Waals surface area contributed by atoms with E-state index in [1.807, 2.05) is 12.3 Å². The molecule has 0 bridgehead atoms. The highest BCUT2D eigenvalue weighted by atomic mass is 35.5. The highest BCUT2D eigenvalue weighted by Crippen LogP contribution is 2.21. The molecule has 0 atom stereocenters. The number of hydrogen-bond donors (Lipinski definition) is 1. The van der Waals surface area contributed by atoms with Crippen molar-refractivity contribution in [2.45, 2.75) is 40.8 Å². The average molecular weight is 327 g/mol. The third-order valence-electron chi connectivity index (χ3n) is 2.90. The number of amides is 1. The molecule has 0 saturated heterocycles. The standard InChI is InChI=1S/C14H19ClN4OS/c1-8(2)6-19-13(15)12(10(4)18-19)14(20)16-5-11-17-9(3)7-21-11/h7-8H,5-6H2,1-4H3,(H,16,20). The molecule has 0 aromatic carbocycles. The number of aryl methyl sites for hydroxylation is 2. The van der Waals surface area contributed by atoms with Gasteiger partial charge in [-0.25, -0.2) is 4.98 Å². The molecule has 0 aliphatic carbocycles. The van der Waals surface area contributed by atoms with Gasteiger partial charge in [-0.05, 0) is 19.8 Å². The van der Waals surface area contributed by atoms with Gasteiger partial charge in [0.1, 0.15) is 10.2 Å². The van der Waals surface area contributed by atoms with Crippen LogP contribution in [-0.2, 0) is 13.1 Å². The van der Waals surface area contributed by atoms with Gasteiger partial charge in [0, 0.05) is 17.6 Å². The number of carbonyl (C=O) groups is 1. The Hall–Kier alpha value is -1.40. The van der Waals surface area contributed by atoms with Gasteiger partial charge in [0.05, 0.1) is 17.8 Å². The normalized spacial score (nSPS) is 11.1. The van der Waals surface area contributed by atoms with Gasteiger partial charge < -0.3 is 5.32 Å². The summed E-state index contributed by atoms with van der Waals surface area (Å²) in [5, 5.41) is 10.4. The van der Waals surface area contributed by atoms with E-state index in [0.29, 0.717) is 35.4 Å². The van der Waals surface area contributed by atoms with Crippen molar-refractivity contribution >= 4 is 28.8 Å². The van der Waals surface area contributed by atoms with Gasteiger partial charge in [-0.15, -0.1) is 11.3 Å². The van der Waals surface area contributed by atoms with Crippen molar-refractivity contribution < 1.29 is 4.79 Å². The molecule has 2 aromatic heterocycles. The molecule has 0 aliphatic heterocycles. The summed E-state index contributed by atoms with van der Waals surface area (Å²) >= 11 is 7.81. The lowest BCUT2D eigenvalue weighted by molar-refractivity contribution is 0.0950. The van der Waals surface area contributed by atoms with Crippen LogP contribution >= 0.6 is 22.9 Å². The molecule has 0 spiro atoms. The van der Waals surface area contributed by atoms with Crippen molar-refractivity contribution in [3.8, 4) is 0 Å². The monoisotopic (exact) mass is 326 g/mol. The number of thiazole rings is 1. The van der Waals surface area contributed by atoms with Crippen LogP contribution in [0.2, 0.25) is 5.15 Å².